The number of ether oxygens (including phenoxy) is 1. The Labute approximate surface area is 184 Å². The van der Waals surface area contributed by atoms with Crippen LogP contribution in [-0.4, -0.2) is 26.0 Å². The molecule has 0 saturated carbocycles. The number of nitrogens with zero attached hydrogens (tertiary/aromatic N) is 4. The van der Waals surface area contributed by atoms with Crippen LogP contribution in [0, 0.1) is 6.92 Å². The van der Waals surface area contributed by atoms with Crippen LogP contribution in [0.2, 0.25) is 0 Å². The van der Waals surface area contributed by atoms with Gasteiger partial charge in [-0.05, 0) is 72.5 Å². The van der Waals surface area contributed by atoms with E-state index in [-0.39, 0.29) is 0 Å². The van der Waals surface area contributed by atoms with Crippen LogP contribution in [-0.2, 0) is 0 Å². The molecule has 4 heterocycles. The molecule has 0 spiro atoms. The summed E-state index contributed by atoms with van der Waals surface area (Å²) in [5.74, 6) is 0.566. The van der Waals surface area contributed by atoms with Gasteiger partial charge in [-0.25, -0.2) is 9.97 Å². The molecule has 5 nitrogen and oxygen atoms in total. The molecule has 152 valence electrons. The lowest BCUT2D eigenvalue weighted by Gasteiger charge is -2.10. The Morgan fingerprint density at radius 1 is 0.903 bits per heavy atom. The number of benzene rings is 1. The first kappa shape index (κ1) is 19.3. The largest absolute Gasteiger partial charge is 0.481 e. The molecular weight excluding hydrogens is 404 g/mol. The van der Waals surface area contributed by atoms with E-state index in [1.807, 2.05) is 54.9 Å². The first-order valence-corrected chi connectivity index (χ1v) is 10.7. The lowest BCUT2D eigenvalue weighted by atomic mass is 10.0. The summed E-state index contributed by atoms with van der Waals surface area (Å²) < 4.78 is 7.68. The fourth-order valence-corrected chi connectivity index (χ4v) is 4.50. The summed E-state index contributed by atoms with van der Waals surface area (Å²) in [6, 6.07) is 22.5. The first-order valence-electron chi connectivity index (χ1n) is 9.90. The Hall–Kier alpha value is -3.64. The summed E-state index contributed by atoms with van der Waals surface area (Å²) in [4.78, 5) is 14.7. The molecule has 4 aromatic heterocycles. The molecule has 0 saturated heterocycles. The number of fused-ring (bicyclic) bond motifs is 1. The molecule has 0 fully saturated rings. The van der Waals surface area contributed by atoms with E-state index in [0.717, 1.165) is 39.1 Å². The second-order valence-corrected chi connectivity index (χ2v) is 8.12. The van der Waals surface area contributed by atoms with E-state index in [1.165, 1.54) is 4.90 Å². The molecule has 0 radical (unpaired) electrons. The van der Waals surface area contributed by atoms with Gasteiger partial charge in [0.25, 0.3) is 0 Å². The molecule has 31 heavy (non-hydrogen) atoms. The van der Waals surface area contributed by atoms with Gasteiger partial charge in [-0.2, -0.15) is 0 Å². The third-order valence-corrected chi connectivity index (χ3v) is 6.18. The molecule has 0 atom stereocenters. The van der Waals surface area contributed by atoms with E-state index in [9.17, 15) is 0 Å². The fraction of sp³-hybridized carbons (Fsp3) is 0.0800. The van der Waals surface area contributed by atoms with Gasteiger partial charge in [0.15, 0.2) is 5.65 Å². The van der Waals surface area contributed by atoms with Crippen LogP contribution in [0.4, 0.5) is 0 Å². The molecule has 0 aliphatic carbocycles. The maximum Gasteiger partial charge on any atom is 0.214 e. The van der Waals surface area contributed by atoms with E-state index in [1.54, 1.807) is 25.3 Å². The van der Waals surface area contributed by atoms with Gasteiger partial charge in [-0.3, -0.25) is 8.96 Å². The van der Waals surface area contributed by atoms with Crippen LogP contribution >= 0.6 is 11.9 Å². The van der Waals surface area contributed by atoms with Gasteiger partial charge in [-0.1, -0.05) is 18.2 Å². The lowest BCUT2D eigenvalue weighted by molar-refractivity contribution is 0.398. The Morgan fingerprint density at radius 3 is 2.55 bits per heavy atom. The zero-order chi connectivity index (χ0) is 21.2. The van der Waals surface area contributed by atoms with Crippen LogP contribution in [0.15, 0.2) is 90.2 Å². The standard InChI is InChI=1S/C25H20N4OS/c1-17-13-22-21(10-12-27-25(22)29(17)31-20-8-4-3-5-9-20)19-14-23(28-24(15-19)30-2)18-7-6-11-26-16-18/h3-16H,1-2H3. The Kier molecular flexibility index (Phi) is 5.14. The molecule has 6 heteroatoms. The van der Waals surface area contributed by atoms with Crippen molar-refractivity contribution in [1.29, 1.82) is 0 Å². The molecule has 5 rings (SSSR count). The molecule has 0 aliphatic rings. The number of rotatable bonds is 5. The van der Waals surface area contributed by atoms with Crippen LogP contribution in [0.1, 0.15) is 5.69 Å². The monoisotopic (exact) mass is 424 g/mol. The molecule has 0 aliphatic heterocycles. The second kappa shape index (κ2) is 8.24. The second-order valence-electron chi connectivity index (χ2n) is 7.11. The summed E-state index contributed by atoms with van der Waals surface area (Å²) in [5, 5.41) is 1.09. The zero-order valence-electron chi connectivity index (χ0n) is 17.2. The van der Waals surface area contributed by atoms with E-state index in [0.29, 0.717) is 5.88 Å². The highest BCUT2D eigenvalue weighted by Crippen LogP contribution is 2.36. The van der Waals surface area contributed by atoms with Gasteiger partial charge in [0.05, 0.1) is 12.8 Å². The maximum absolute atomic E-state index is 5.50. The van der Waals surface area contributed by atoms with Gasteiger partial charge in [-0.15, -0.1) is 0 Å². The smallest absolute Gasteiger partial charge is 0.214 e. The molecule has 0 N–H and O–H groups in total. The average molecular weight is 425 g/mol. The quantitative estimate of drug-likeness (QED) is 0.345. The van der Waals surface area contributed by atoms with Crippen LogP contribution < -0.4 is 4.74 Å². The normalized spacial score (nSPS) is 11.0. The molecule has 0 amide bonds. The third-order valence-electron chi connectivity index (χ3n) is 5.05. The number of aryl methyl sites for hydroxylation is 1. The van der Waals surface area contributed by atoms with Crippen molar-refractivity contribution in [3.05, 3.63) is 91.0 Å². The number of methoxy groups -OCH3 is 1. The summed E-state index contributed by atoms with van der Waals surface area (Å²) in [5.41, 5.74) is 5.95. The van der Waals surface area contributed by atoms with E-state index in [4.69, 9.17) is 9.72 Å². The summed E-state index contributed by atoms with van der Waals surface area (Å²) in [6.07, 6.45) is 5.42. The minimum absolute atomic E-state index is 0.566. The molecular formula is C25H20N4OS. The lowest BCUT2D eigenvalue weighted by Crippen LogP contribution is -1.94. The number of pyridine rings is 3. The average Bonchev–Trinajstić information content (AvgIpc) is 3.15. The number of hydrogen-bond acceptors (Lipinski definition) is 5. The van der Waals surface area contributed by atoms with Crippen molar-refractivity contribution in [3.8, 4) is 28.3 Å². The molecule has 1 aromatic carbocycles. The van der Waals surface area contributed by atoms with E-state index in [2.05, 4.69) is 45.1 Å². The SMILES string of the molecule is COc1cc(-c2ccnc3c2cc(C)n3Sc2ccccc2)cc(-c2cccnc2)n1. The Morgan fingerprint density at radius 2 is 1.77 bits per heavy atom. The maximum atomic E-state index is 5.50. The van der Waals surface area contributed by atoms with E-state index < -0.39 is 0 Å². The third kappa shape index (κ3) is 3.78. The van der Waals surface area contributed by atoms with Gasteiger partial charge < -0.3 is 4.74 Å². The van der Waals surface area contributed by atoms with Crippen molar-refractivity contribution in [2.24, 2.45) is 0 Å². The minimum atomic E-state index is 0.566. The van der Waals surface area contributed by atoms with Crippen molar-refractivity contribution in [3.63, 3.8) is 0 Å². The van der Waals surface area contributed by atoms with E-state index >= 15 is 0 Å². The zero-order valence-corrected chi connectivity index (χ0v) is 18.0. The molecule has 0 unspecified atom stereocenters. The van der Waals surface area contributed by atoms with Gasteiger partial charge in [0, 0.05) is 46.2 Å². The van der Waals surface area contributed by atoms with Crippen LogP contribution in [0.3, 0.4) is 0 Å². The van der Waals surface area contributed by atoms with Crippen molar-refractivity contribution in [2.45, 2.75) is 11.8 Å². The van der Waals surface area contributed by atoms with Crippen molar-refractivity contribution in [2.75, 3.05) is 7.11 Å². The van der Waals surface area contributed by atoms with Gasteiger partial charge in [0.2, 0.25) is 5.88 Å². The number of hydrogen-bond donors (Lipinski definition) is 0. The minimum Gasteiger partial charge on any atom is -0.481 e. The molecule has 5 aromatic rings. The number of aromatic nitrogens is 4. The Balaban J connectivity index is 1.65. The van der Waals surface area contributed by atoms with Gasteiger partial charge >= 0.3 is 0 Å². The van der Waals surface area contributed by atoms with Crippen LogP contribution in [0.25, 0.3) is 33.4 Å². The molecule has 0 bridgehead atoms. The summed E-state index contributed by atoms with van der Waals surface area (Å²) in [6.45, 7) is 2.11. The predicted molar refractivity (Wildman–Crippen MR) is 125 cm³/mol. The van der Waals surface area contributed by atoms with Crippen LogP contribution in [0.5, 0.6) is 5.88 Å². The highest BCUT2D eigenvalue weighted by Gasteiger charge is 2.15. The van der Waals surface area contributed by atoms with Crippen molar-refractivity contribution >= 4 is 23.0 Å². The van der Waals surface area contributed by atoms with Crippen molar-refractivity contribution in [1.82, 2.24) is 18.9 Å². The highest BCUT2D eigenvalue weighted by molar-refractivity contribution is 7.98. The van der Waals surface area contributed by atoms with Gasteiger partial charge in [0.1, 0.15) is 0 Å². The fourth-order valence-electron chi connectivity index (χ4n) is 3.58. The summed E-state index contributed by atoms with van der Waals surface area (Å²) >= 11 is 1.67. The highest BCUT2D eigenvalue weighted by atomic mass is 32.2. The van der Waals surface area contributed by atoms with Crippen molar-refractivity contribution < 1.29 is 4.74 Å². The first-order chi connectivity index (χ1) is 15.2. The summed E-state index contributed by atoms with van der Waals surface area (Å²) in [7, 11) is 1.64. The Bertz CT molecular complexity index is 1350. The predicted octanol–water partition coefficient (Wildman–Crippen LogP) is 6.03. The topological polar surface area (TPSA) is 52.8 Å².